The zero-order valence-electron chi connectivity index (χ0n) is 20.0. The third-order valence-corrected chi connectivity index (χ3v) is 6.35. The van der Waals surface area contributed by atoms with Crippen LogP contribution in [0.3, 0.4) is 0 Å². The molecule has 3 aromatic rings. The minimum atomic E-state index is -0.447. The molecule has 0 spiro atoms. The van der Waals surface area contributed by atoms with E-state index in [-0.39, 0.29) is 24.0 Å². The summed E-state index contributed by atoms with van der Waals surface area (Å²) in [4.78, 5) is 14.5. The zero-order valence-corrected chi connectivity index (χ0v) is 20.0. The Labute approximate surface area is 199 Å². The molecule has 34 heavy (non-hydrogen) atoms. The molecule has 1 aliphatic rings. The average molecular weight is 465 g/mol. The molecule has 1 fully saturated rings. The van der Waals surface area contributed by atoms with E-state index in [2.05, 4.69) is 27.3 Å². The largest absolute Gasteiger partial charge is 0.508 e. The number of ether oxygens (including phenoxy) is 1. The highest BCUT2D eigenvalue weighted by atomic mass is 16.5. The summed E-state index contributed by atoms with van der Waals surface area (Å²) in [5.41, 5.74) is 4.22. The van der Waals surface area contributed by atoms with Crippen LogP contribution in [0.1, 0.15) is 50.2 Å². The van der Waals surface area contributed by atoms with E-state index in [4.69, 9.17) is 4.74 Å². The number of nitrogens with zero attached hydrogens (tertiary/aromatic N) is 4. The van der Waals surface area contributed by atoms with Crippen molar-refractivity contribution in [2.45, 2.75) is 52.1 Å². The highest BCUT2D eigenvalue weighted by Crippen LogP contribution is 2.40. The van der Waals surface area contributed by atoms with E-state index in [0.717, 1.165) is 25.2 Å². The van der Waals surface area contributed by atoms with E-state index >= 15 is 0 Å². The van der Waals surface area contributed by atoms with Crippen molar-refractivity contribution < 1.29 is 19.7 Å². The number of rotatable bonds is 7. The van der Waals surface area contributed by atoms with Gasteiger partial charge in [-0.15, -0.1) is 5.10 Å². The molecule has 1 saturated heterocycles. The summed E-state index contributed by atoms with van der Waals surface area (Å²) in [5, 5.41) is 29.4. The van der Waals surface area contributed by atoms with Crippen LogP contribution in [-0.2, 0) is 22.6 Å². The summed E-state index contributed by atoms with van der Waals surface area (Å²) in [6.45, 7) is 6.98. The third-order valence-electron chi connectivity index (χ3n) is 6.35. The van der Waals surface area contributed by atoms with Gasteiger partial charge in [0.25, 0.3) is 0 Å². The fourth-order valence-corrected chi connectivity index (χ4v) is 4.47. The first kappa shape index (κ1) is 23.8. The maximum absolute atomic E-state index is 12.0. The van der Waals surface area contributed by atoms with Crippen molar-refractivity contribution in [2.24, 2.45) is 0 Å². The van der Waals surface area contributed by atoms with E-state index in [1.54, 1.807) is 6.07 Å². The summed E-state index contributed by atoms with van der Waals surface area (Å²) < 4.78 is 6.33. The summed E-state index contributed by atoms with van der Waals surface area (Å²) in [7, 11) is 1.33. The van der Waals surface area contributed by atoms with Crippen LogP contribution in [0.25, 0.3) is 22.5 Å². The first-order valence-corrected chi connectivity index (χ1v) is 11.8. The van der Waals surface area contributed by atoms with Gasteiger partial charge in [-0.25, -0.2) is 4.68 Å². The maximum Gasteiger partial charge on any atom is 0.327 e. The molecule has 0 saturated carbocycles. The molecule has 0 atom stereocenters. The van der Waals surface area contributed by atoms with Gasteiger partial charge in [-0.2, -0.15) is 0 Å². The van der Waals surface area contributed by atoms with Crippen LogP contribution in [0.2, 0.25) is 0 Å². The number of benzene rings is 2. The van der Waals surface area contributed by atoms with Gasteiger partial charge in [0.15, 0.2) is 0 Å². The van der Waals surface area contributed by atoms with Gasteiger partial charge in [0.1, 0.15) is 23.7 Å². The number of piperidine rings is 1. The number of hydrogen-bond donors (Lipinski definition) is 2. The Kier molecular flexibility index (Phi) is 7.17. The van der Waals surface area contributed by atoms with Gasteiger partial charge in [0, 0.05) is 23.7 Å². The van der Waals surface area contributed by atoms with Crippen molar-refractivity contribution in [3.8, 4) is 34.0 Å². The molecule has 1 aromatic heterocycles. The number of hydrogen-bond acceptors (Lipinski definition) is 7. The SMILES string of the molecule is COC(=O)Cn1nnc(-c2cc(C(C)C)c(O)cc2O)c1-c1ccc(CN2CCCCC2)cc1. The van der Waals surface area contributed by atoms with Crippen molar-refractivity contribution in [3.63, 3.8) is 0 Å². The van der Waals surface area contributed by atoms with E-state index in [1.165, 1.54) is 42.7 Å². The van der Waals surface area contributed by atoms with Gasteiger partial charge in [0.05, 0.1) is 12.8 Å². The van der Waals surface area contributed by atoms with Crippen LogP contribution in [0.5, 0.6) is 11.5 Å². The Morgan fingerprint density at radius 2 is 1.76 bits per heavy atom. The quantitative estimate of drug-likeness (QED) is 0.503. The molecule has 0 unspecified atom stereocenters. The molecule has 8 heteroatoms. The van der Waals surface area contributed by atoms with Crippen molar-refractivity contribution in [2.75, 3.05) is 20.2 Å². The van der Waals surface area contributed by atoms with Crippen molar-refractivity contribution in [1.82, 2.24) is 19.9 Å². The van der Waals surface area contributed by atoms with Gasteiger partial charge in [-0.3, -0.25) is 9.69 Å². The van der Waals surface area contributed by atoms with Gasteiger partial charge >= 0.3 is 5.97 Å². The lowest BCUT2D eigenvalue weighted by atomic mass is 9.95. The Morgan fingerprint density at radius 1 is 1.06 bits per heavy atom. The molecule has 0 radical (unpaired) electrons. The molecule has 2 N–H and O–H groups in total. The Balaban J connectivity index is 1.74. The topological polar surface area (TPSA) is 101 Å². The first-order valence-electron chi connectivity index (χ1n) is 11.8. The van der Waals surface area contributed by atoms with Crippen LogP contribution in [0, 0.1) is 0 Å². The van der Waals surface area contributed by atoms with Crippen LogP contribution >= 0.6 is 0 Å². The monoisotopic (exact) mass is 464 g/mol. The molecule has 4 rings (SSSR count). The number of carbonyl (C=O) groups excluding carboxylic acids is 1. The van der Waals surface area contributed by atoms with Crippen molar-refractivity contribution in [1.29, 1.82) is 0 Å². The number of phenols is 2. The maximum atomic E-state index is 12.0. The van der Waals surface area contributed by atoms with E-state index in [1.807, 2.05) is 26.0 Å². The Hall–Kier alpha value is -3.39. The fourth-order valence-electron chi connectivity index (χ4n) is 4.47. The van der Waals surface area contributed by atoms with Crippen LogP contribution in [0.15, 0.2) is 36.4 Å². The number of phenolic OH excluding ortho intramolecular Hbond substituents is 2. The standard InChI is InChI=1S/C26H32N4O4/c1-17(2)20-13-21(23(32)14-22(20)31)25-26(30(28-27-25)16-24(33)34-3)19-9-7-18(8-10-19)15-29-11-5-4-6-12-29/h7-10,13-14,17,31-32H,4-6,11-12,15-16H2,1-3H3. The van der Waals surface area contributed by atoms with Gasteiger partial charge in [-0.1, -0.05) is 49.7 Å². The minimum absolute atomic E-state index is 0.0295. The molecule has 8 nitrogen and oxygen atoms in total. The smallest absolute Gasteiger partial charge is 0.327 e. The van der Waals surface area contributed by atoms with E-state index in [9.17, 15) is 15.0 Å². The van der Waals surface area contributed by atoms with E-state index in [0.29, 0.717) is 22.5 Å². The first-order chi connectivity index (χ1) is 16.4. The molecular weight excluding hydrogens is 432 g/mol. The fraction of sp³-hybridized carbons (Fsp3) is 0.423. The second kappa shape index (κ2) is 10.3. The van der Waals surface area contributed by atoms with Crippen LogP contribution < -0.4 is 0 Å². The molecule has 180 valence electrons. The summed E-state index contributed by atoms with van der Waals surface area (Å²) >= 11 is 0. The van der Waals surface area contributed by atoms with Crippen molar-refractivity contribution in [3.05, 3.63) is 47.5 Å². The predicted octanol–water partition coefficient (Wildman–Crippen LogP) is 4.31. The number of esters is 1. The lowest BCUT2D eigenvalue weighted by Crippen LogP contribution is -2.29. The number of methoxy groups -OCH3 is 1. The van der Waals surface area contributed by atoms with Gasteiger partial charge < -0.3 is 14.9 Å². The second-order valence-electron chi connectivity index (χ2n) is 9.14. The predicted molar refractivity (Wildman–Crippen MR) is 129 cm³/mol. The summed E-state index contributed by atoms with van der Waals surface area (Å²) in [6, 6.07) is 11.2. The van der Waals surface area contributed by atoms with Gasteiger partial charge in [-0.05, 0) is 49.0 Å². The van der Waals surface area contributed by atoms with Crippen LogP contribution in [-0.4, -0.2) is 56.3 Å². The second-order valence-corrected chi connectivity index (χ2v) is 9.14. The lowest BCUT2D eigenvalue weighted by molar-refractivity contribution is -0.141. The molecule has 0 amide bonds. The number of likely N-dealkylation sites (tertiary alicyclic amines) is 1. The normalized spacial score (nSPS) is 14.5. The molecule has 2 heterocycles. The highest BCUT2D eigenvalue weighted by Gasteiger charge is 2.23. The van der Waals surface area contributed by atoms with Gasteiger partial charge in [0.2, 0.25) is 0 Å². The molecular formula is C26H32N4O4. The lowest BCUT2D eigenvalue weighted by Gasteiger charge is -2.26. The number of aromatic nitrogens is 3. The summed E-state index contributed by atoms with van der Waals surface area (Å²) in [5.74, 6) is -0.476. The summed E-state index contributed by atoms with van der Waals surface area (Å²) in [6.07, 6.45) is 3.79. The number of carbonyl (C=O) groups is 1. The van der Waals surface area contributed by atoms with E-state index < -0.39 is 5.97 Å². The molecule has 0 bridgehead atoms. The molecule has 1 aliphatic heterocycles. The zero-order chi connectivity index (χ0) is 24.2. The van der Waals surface area contributed by atoms with Crippen LogP contribution in [0.4, 0.5) is 0 Å². The Bertz CT molecular complexity index is 1150. The third kappa shape index (κ3) is 5.07. The van der Waals surface area contributed by atoms with Crippen molar-refractivity contribution >= 4 is 5.97 Å². The highest BCUT2D eigenvalue weighted by molar-refractivity contribution is 5.83. The number of aromatic hydroxyl groups is 2. The molecule has 2 aromatic carbocycles. The Morgan fingerprint density at radius 3 is 2.41 bits per heavy atom. The molecule has 0 aliphatic carbocycles. The minimum Gasteiger partial charge on any atom is -0.508 e. The average Bonchev–Trinajstić information content (AvgIpc) is 3.23.